The molecule has 0 fully saturated rings. The van der Waals surface area contributed by atoms with Crippen LogP contribution in [0.4, 0.5) is 14.5 Å². The Hall–Kier alpha value is -2.95. The topological polar surface area (TPSA) is 48.1 Å². The van der Waals surface area contributed by atoms with Gasteiger partial charge in [0.2, 0.25) is 0 Å². The molecule has 0 saturated heterocycles. The molecule has 1 aromatic heterocycles. The molecule has 2 aromatic carbocycles. The Kier molecular flexibility index (Phi) is 4.16. The molecule has 0 aliphatic rings. The Balaban J connectivity index is 2.08. The highest BCUT2D eigenvalue weighted by Gasteiger charge is 2.12. The van der Waals surface area contributed by atoms with Crippen molar-refractivity contribution in [3.8, 4) is 22.6 Å². The second-order valence-electron chi connectivity index (χ2n) is 5.57. The maximum absolute atomic E-state index is 13.9. The molecule has 0 amide bonds. The van der Waals surface area contributed by atoms with Crippen LogP contribution in [0.3, 0.4) is 0 Å². The second-order valence-corrected chi connectivity index (χ2v) is 5.57. The maximum atomic E-state index is 13.9. The highest BCUT2D eigenvalue weighted by molar-refractivity contribution is 5.74. The van der Waals surface area contributed by atoms with Crippen LogP contribution in [0.25, 0.3) is 11.1 Å². The van der Waals surface area contributed by atoms with Crippen molar-refractivity contribution in [3.05, 3.63) is 71.6 Å². The molecule has 3 aromatic rings. The van der Waals surface area contributed by atoms with Gasteiger partial charge in [0.1, 0.15) is 11.6 Å². The van der Waals surface area contributed by atoms with E-state index in [9.17, 15) is 8.78 Å². The minimum absolute atomic E-state index is 0.0510. The fourth-order valence-electron chi connectivity index (χ4n) is 2.53. The summed E-state index contributed by atoms with van der Waals surface area (Å²) in [6.45, 7) is 3.78. The lowest BCUT2D eigenvalue weighted by molar-refractivity contribution is 0.439. The average molecular weight is 326 g/mol. The van der Waals surface area contributed by atoms with E-state index in [2.05, 4.69) is 4.98 Å². The van der Waals surface area contributed by atoms with Gasteiger partial charge >= 0.3 is 0 Å². The van der Waals surface area contributed by atoms with E-state index in [4.69, 9.17) is 10.5 Å². The predicted molar refractivity (Wildman–Crippen MR) is 90.0 cm³/mol. The number of ether oxygens (including phenoxy) is 1. The Bertz CT molecular complexity index is 890. The zero-order valence-electron chi connectivity index (χ0n) is 13.3. The fourth-order valence-corrected chi connectivity index (χ4v) is 2.53. The van der Waals surface area contributed by atoms with Crippen molar-refractivity contribution in [3.63, 3.8) is 0 Å². The van der Waals surface area contributed by atoms with Gasteiger partial charge in [-0.25, -0.2) is 8.78 Å². The Morgan fingerprint density at radius 2 is 1.54 bits per heavy atom. The molecule has 24 heavy (non-hydrogen) atoms. The third-order valence-corrected chi connectivity index (χ3v) is 3.51. The first-order valence-electron chi connectivity index (χ1n) is 7.40. The van der Waals surface area contributed by atoms with Gasteiger partial charge in [-0.2, -0.15) is 0 Å². The van der Waals surface area contributed by atoms with E-state index in [-0.39, 0.29) is 5.75 Å². The minimum Gasteiger partial charge on any atom is -0.454 e. The molecule has 2 N–H and O–H groups in total. The first-order valence-corrected chi connectivity index (χ1v) is 7.40. The van der Waals surface area contributed by atoms with Gasteiger partial charge in [0.05, 0.1) is 0 Å². The molecule has 5 heteroatoms. The Morgan fingerprint density at radius 1 is 0.875 bits per heavy atom. The predicted octanol–water partition coefficient (Wildman–Crippen LogP) is 5.02. The summed E-state index contributed by atoms with van der Waals surface area (Å²) in [5.41, 5.74) is 9.74. The lowest BCUT2D eigenvalue weighted by Crippen LogP contribution is -1.95. The van der Waals surface area contributed by atoms with Crippen LogP contribution in [0.2, 0.25) is 0 Å². The quantitative estimate of drug-likeness (QED) is 0.688. The lowest BCUT2D eigenvalue weighted by atomic mass is 10.0. The molecule has 0 atom stereocenters. The highest BCUT2D eigenvalue weighted by atomic mass is 19.1. The van der Waals surface area contributed by atoms with E-state index < -0.39 is 11.6 Å². The molecule has 3 rings (SSSR count). The minimum atomic E-state index is -0.764. The molecule has 3 nitrogen and oxygen atoms in total. The number of aryl methyl sites for hydroxylation is 2. The van der Waals surface area contributed by atoms with Gasteiger partial charge in [-0.15, -0.1) is 0 Å². The third-order valence-electron chi connectivity index (χ3n) is 3.51. The van der Waals surface area contributed by atoms with Gasteiger partial charge in [0.15, 0.2) is 11.6 Å². The molecular weight excluding hydrogens is 310 g/mol. The van der Waals surface area contributed by atoms with Gasteiger partial charge in [0, 0.05) is 28.7 Å². The zero-order valence-corrected chi connectivity index (χ0v) is 13.3. The molecule has 0 spiro atoms. The molecule has 0 aliphatic carbocycles. The largest absolute Gasteiger partial charge is 0.454 e. The van der Waals surface area contributed by atoms with E-state index in [1.165, 1.54) is 6.07 Å². The van der Waals surface area contributed by atoms with Gasteiger partial charge in [0.25, 0.3) is 0 Å². The van der Waals surface area contributed by atoms with E-state index in [1.54, 1.807) is 18.2 Å². The van der Waals surface area contributed by atoms with Crippen LogP contribution in [0.5, 0.6) is 11.5 Å². The number of anilines is 1. The number of rotatable bonds is 3. The summed E-state index contributed by atoms with van der Waals surface area (Å²) >= 11 is 0. The van der Waals surface area contributed by atoms with Gasteiger partial charge < -0.3 is 10.5 Å². The Labute approximate surface area is 138 Å². The molecule has 0 unspecified atom stereocenters. The zero-order chi connectivity index (χ0) is 17.3. The number of nitrogen functional groups attached to an aromatic ring is 1. The first kappa shape index (κ1) is 15.9. The van der Waals surface area contributed by atoms with Crippen molar-refractivity contribution in [1.82, 2.24) is 4.98 Å². The first-order chi connectivity index (χ1) is 11.4. The summed E-state index contributed by atoms with van der Waals surface area (Å²) < 4.78 is 32.6. The van der Waals surface area contributed by atoms with Crippen LogP contribution in [0.1, 0.15) is 11.4 Å². The summed E-state index contributed by atoms with van der Waals surface area (Å²) in [4.78, 5) is 4.35. The normalized spacial score (nSPS) is 10.7. The van der Waals surface area contributed by atoms with Crippen molar-refractivity contribution < 1.29 is 13.5 Å². The van der Waals surface area contributed by atoms with E-state index in [1.807, 2.05) is 26.0 Å². The maximum Gasteiger partial charge on any atom is 0.168 e. The van der Waals surface area contributed by atoms with E-state index in [0.717, 1.165) is 29.1 Å². The lowest BCUT2D eigenvalue weighted by Gasteiger charge is -2.14. The molecule has 0 aliphatic heterocycles. The number of hydrogen-bond donors (Lipinski definition) is 1. The third kappa shape index (κ3) is 3.35. The molecule has 1 heterocycles. The summed E-state index contributed by atoms with van der Waals surface area (Å²) in [5.74, 6) is -1.04. The van der Waals surface area contributed by atoms with Crippen LogP contribution in [0.15, 0.2) is 48.5 Å². The summed E-state index contributed by atoms with van der Waals surface area (Å²) in [6.07, 6.45) is 0. The monoisotopic (exact) mass is 326 g/mol. The van der Waals surface area contributed by atoms with Gasteiger partial charge in [-0.1, -0.05) is 0 Å². The van der Waals surface area contributed by atoms with Crippen LogP contribution in [0, 0.1) is 25.5 Å². The smallest absolute Gasteiger partial charge is 0.168 e. The number of hydrogen-bond acceptors (Lipinski definition) is 3. The van der Waals surface area contributed by atoms with Crippen molar-refractivity contribution in [2.45, 2.75) is 13.8 Å². The van der Waals surface area contributed by atoms with Crippen molar-refractivity contribution in [2.24, 2.45) is 0 Å². The molecule has 0 radical (unpaired) electrons. The number of nitrogens with zero attached hydrogens (tertiary/aromatic N) is 1. The number of pyridine rings is 1. The van der Waals surface area contributed by atoms with Crippen LogP contribution >= 0.6 is 0 Å². The molecule has 0 bridgehead atoms. The average Bonchev–Trinajstić information content (AvgIpc) is 2.50. The summed E-state index contributed by atoms with van der Waals surface area (Å²) in [7, 11) is 0. The number of nitrogens with two attached hydrogens (primary N) is 1. The summed E-state index contributed by atoms with van der Waals surface area (Å²) in [5, 5.41) is 0. The van der Waals surface area contributed by atoms with Crippen LogP contribution in [-0.2, 0) is 0 Å². The highest BCUT2D eigenvalue weighted by Crippen LogP contribution is 2.36. The van der Waals surface area contributed by atoms with Gasteiger partial charge in [-0.05, 0) is 61.9 Å². The Morgan fingerprint density at radius 3 is 2.21 bits per heavy atom. The van der Waals surface area contributed by atoms with Crippen LogP contribution in [-0.4, -0.2) is 4.98 Å². The van der Waals surface area contributed by atoms with E-state index >= 15 is 0 Å². The number of halogens is 2. The SMILES string of the molecule is Cc1cc(-c2cc(N)ccc2Oc2ccc(F)cc2F)cc(C)n1. The standard InChI is InChI=1S/C19H16F2N2O/c1-11-7-13(8-12(2)23-11)16-10-15(22)4-6-18(16)24-19-5-3-14(20)9-17(19)21/h3-10H,22H2,1-2H3. The van der Waals surface area contributed by atoms with Crippen molar-refractivity contribution in [1.29, 1.82) is 0 Å². The molecule has 0 saturated carbocycles. The van der Waals surface area contributed by atoms with Crippen molar-refractivity contribution >= 4 is 5.69 Å². The van der Waals surface area contributed by atoms with Gasteiger partial charge in [-0.3, -0.25) is 4.98 Å². The molecular formula is C19H16F2N2O. The molecule has 122 valence electrons. The van der Waals surface area contributed by atoms with Crippen LogP contribution < -0.4 is 10.5 Å². The second kappa shape index (κ2) is 6.28. The number of benzene rings is 2. The van der Waals surface area contributed by atoms with Crippen molar-refractivity contribution in [2.75, 3.05) is 5.73 Å². The number of aromatic nitrogens is 1. The fraction of sp³-hybridized carbons (Fsp3) is 0.105. The summed E-state index contributed by atoms with van der Waals surface area (Å²) in [6, 6.07) is 12.1. The van der Waals surface area contributed by atoms with E-state index in [0.29, 0.717) is 17.0 Å².